The van der Waals surface area contributed by atoms with E-state index in [-0.39, 0.29) is 12.0 Å². The van der Waals surface area contributed by atoms with Crippen molar-refractivity contribution < 1.29 is 19.4 Å². The van der Waals surface area contributed by atoms with Crippen molar-refractivity contribution in [2.24, 2.45) is 11.8 Å². The third-order valence-electron chi connectivity index (χ3n) is 5.78. The Balaban J connectivity index is 1.39. The third kappa shape index (κ3) is 4.87. The molecule has 0 aromatic heterocycles. The Labute approximate surface area is 176 Å². The number of aliphatic hydroxyl groups excluding tert-OH is 1. The van der Waals surface area contributed by atoms with Crippen molar-refractivity contribution in [3.8, 4) is 17.2 Å². The molecule has 5 nitrogen and oxygen atoms in total. The maximum atomic E-state index is 12.2. The molecule has 4 rings (SSSR count). The number of para-hydroxylation sites is 1. The number of hydrogen-bond donors (Lipinski definition) is 1. The van der Waals surface area contributed by atoms with Crippen LogP contribution in [-0.4, -0.2) is 53.2 Å². The summed E-state index contributed by atoms with van der Waals surface area (Å²) in [6.07, 6.45) is 2.60. The number of nitrogens with zero attached hydrogens (tertiary/aromatic N) is 1. The van der Waals surface area contributed by atoms with Gasteiger partial charge in [-0.3, -0.25) is 4.79 Å². The van der Waals surface area contributed by atoms with Gasteiger partial charge in [0.1, 0.15) is 23.4 Å². The summed E-state index contributed by atoms with van der Waals surface area (Å²) < 4.78 is 12.0. The van der Waals surface area contributed by atoms with Gasteiger partial charge in [0.25, 0.3) is 0 Å². The maximum absolute atomic E-state index is 12.2. The Morgan fingerprint density at radius 3 is 2.48 bits per heavy atom. The molecule has 1 amide bonds. The van der Waals surface area contributed by atoms with Crippen molar-refractivity contribution in [2.45, 2.75) is 25.0 Å². The molecule has 0 radical (unpaired) electrons. The summed E-state index contributed by atoms with van der Waals surface area (Å²) in [5, 5.41) is 10.6. The summed E-state index contributed by atoms with van der Waals surface area (Å²) in [6.45, 7) is 1.53. The lowest BCUT2D eigenvalue weighted by atomic mass is 9.78. The van der Waals surface area contributed by atoms with Crippen LogP contribution in [-0.2, 0) is 4.79 Å². The lowest BCUT2D eigenvalue weighted by Gasteiger charge is -2.35. The molecule has 2 fully saturated rings. The number of amides is 1. The summed E-state index contributed by atoms with van der Waals surface area (Å²) in [6, 6.07) is 17.1. The highest BCUT2D eigenvalue weighted by molar-refractivity contribution is 7.99. The van der Waals surface area contributed by atoms with Gasteiger partial charge < -0.3 is 19.5 Å². The van der Waals surface area contributed by atoms with Crippen LogP contribution in [0.25, 0.3) is 0 Å². The van der Waals surface area contributed by atoms with Gasteiger partial charge in [-0.25, -0.2) is 0 Å². The molecule has 1 N–H and O–H groups in total. The van der Waals surface area contributed by atoms with E-state index in [0.717, 1.165) is 25.3 Å². The Bertz CT molecular complexity index is 831. The van der Waals surface area contributed by atoms with Crippen LogP contribution in [0.4, 0.5) is 0 Å². The molecule has 2 aliphatic rings. The van der Waals surface area contributed by atoms with E-state index in [1.807, 2.05) is 65.8 Å². The second-order valence-electron chi connectivity index (χ2n) is 7.84. The van der Waals surface area contributed by atoms with Gasteiger partial charge in [-0.15, -0.1) is 0 Å². The lowest BCUT2D eigenvalue weighted by molar-refractivity contribution is -0.127. The molecule has 29 heavy (non-hydrogen) atoms. The number of rotatable bonds is 6. The van der Waals surface area contributed by atoms with Crippen LogP contribution in [0.1, 0.15) is 12.8 Å². The number of ether oxygens (including phenoxy) is 2. The van der Waals surface area contributed by atoms with Crippen molar-refractivity contribution in [3.63, 3.8) is 0 Å². The zero-order valence-electron chi connectivity index (χ0n) is 16.6. The van der Waals surface area contributed by atoms with Crippen LogP contribution in [0.5, 0.6) is 17.2 Å². The molecule has 1 saturated heterocycles. The standard InChI is InChI=1S/C23H27NO4S/c1-29-15-23(26)24-13-16-10-21(25)22(11-17(16)14-24)28-20-9-5-8-19(12-20)27-18-6-3-2-4-7-18/h2-9,12,16-17,21-22,25H,10-11,13-15H2,1H3/t16-,17+,21+,22+/m0/s1. The SMILES string of the molecule is CSCC(=O)N1C[C@H]2C[C@@H](Oc3cccc(Oc4ccccc4)c3)[C@H](O)C[C@H]2C1. The smallest absolute Gasteiger partial charge is 0.232 e. The van der Waals surface area contributed by atoms with Gasteiger partial charge in [-0.05, 0) is 55.2 Å². The van der Waals surface area contributed by atoms with Crippen LogP contribution < -0.4 is 9.47 Å². The molecule has 1 saturated carbocycles. The average Bonchev–Trinajstić information content (AvgIpc) is 3.12. The normalized spacial score (nSPS) is 26.1. The van der Waals surface area contributed by atoms with Gasteiger partial charge in [0.05, 0.1) is 11.9 Å². The summed E-state index contributed by atoms with van der Waals surface area (Å²) in [7, 11) is 0. The molecule has 0 bridgehead atoms. The van der Waals surface area contributed by atoms with Crippen molar-refractivity contribution in [1.29, 1.82) is 0 Å². The van der Waals surface area contributed by atoms with Crippen LogP contribution in [0, 0.1) is 11.8 Å². The highest BCUT2D eigenvalue weighted by Gasteiger charge is 2.43. The summed E-state index contributed by atoms with van der Waals surface area (Å²) >= 11 is 1.56. The lowest BCUT2D eigenvalue weighted by Crippen LogP contribution is -2.42. The van der Waals surface area contributed by atoms with Gasteiger partial charge in [-0.1, -0.05) is 24.3 Å². The molecule has 0 spiro atoms. The van der Waals surface area contributed by atoms with Gasteiger partial charge in [0.2, 0.25) is 5.91 Å². The number of carbonyl (C=O) groups excluding carboxylic acids is 1. The zero-order chi connectivity index (χ0) is 20.2. The second kappa shape index (κ2) is 9.09. The number of benzene rings is 2. The van der Waals surface area contributed by atoms with Crippen molar-refractivity contribution >= 4 is 17.7 Å². The quantitative estimate of drug-likeness (QED) is 0.780. The minimum Gasteiger partial charge on any atom is -0.488 e. The molecular weight excluding hydrogens is 386 g/mol. The first-order chi connectivity index (χ1) is 14.1. The van der Waals surface area contributed by atoms with Crippen molar-refractivity contribution in [2.75, 3.05) is 25.1 Å². The molecular formula is C23H27NO4S. The third-order valence-corrected chi connectivity index (χ3v) is 6.31. The van der Waals surface area contributed by atoms with Gasteiger partial charge >= 0.3 is 0 Å². The first-order valence-electron chi connectivity index (χ1n) is 10.1. The highest BCUT2D eigenvalue weighted by atomic mass is 32.2. The minimum atomic E-state index is -0.523. The first kappa shape index (κ1) is 20.1. The van der Waals surface area contributed by atoms with E-state index in [1.165, 1.54) is 0 Å². The fourth-order valence-electron chi connectivity index (χ4n) is 4.35. The molecule has 154 valence electrons. The van der Waals surface area contributed by atoms with Crippen LogP contribution in [0.2, 0.25) is 0 Å². The molecule has 6 heteroatoms. The number of aliphatic hydroxyl groups is 1. The van der Waals surface area contributed by atoms with E-state index >= 15 is 0 Å². The van der Waals surface area contributed by atoms with Crippen LogP contribution in [0.3, 0.4) is 0 Å². The van der Waals surface area contributed by atoms with E-state index < -0.39 is 6.10 Å². The van der Waals surface area contributed by atoms with E-state index in [9.17, 15) is 9.90 Å². The number of fused-ring (bicyclic) bond motifs is 1. The number of carbonyl (C=O) groups is 1. The minimum absolute atomic E-state index is 0.199. The fourth-order valence-corrected chi connectivity index (χ4v) is 4.78. The molecule has 0 unspecified atom stereocenters. The number of thioether (sulfide) groups is 1. The van der Waals surface area contributed by atoms with Crippen LogP contribution in [0.15, 0.2) is 54.6 Å². The molecule has 1 heterocycles. The predicted molar refractivity (Wildman–Crippen MR) is 115 cm³/mol. The van der Waals surface area contributed by atoms with Crippen molar-refractivity contribution in [3.05, 3.63) is 54.6 Å². The topological polar surface area (TPSA) is 59.0 Å². The number of likely N-dealkylation sites (tertiary alicyclic amines) is 1. The molecule has 2 aromatic carbocycles. The predicted octanol–water partition coefficient (Wildman–Crippen LogP) is 3.82. The van der Waals surface area contributed by atoms with E-state index in [2.05, 4.69) is 0 Å². The summed E-state index contributed by atoms with van der Waals surface area (Å²) in [5.74, 6) is 3.63. The van der Waals surface area contributed by atoms with Gasteiger partial charge in [0, 0.05) is 19.2 Å². The van der Waals surface area contributed by atoms with E-state index in [0.29, 0.717) is 35.5 Å². The zero-order valence-corrected chi connectivity index (χ0v) is 17.4. The first-order valence-corrected chi connectivity index (χ1v) is 11.5. The van der Waals surface area contributed by atoms with Gasteiger partial charge in [0.15, 0.2) is 0 Å². The summed E-state index contributed by atoms with van der Waals surface area (Å²) in [4.78, 5) is 14.2. The molecule has 2 aromatic rings. The Morgan fingerprint density at radius 1 is 1.03 bits per heavy atom. The van der Waals surface area contributed by atoms with E-state index in [1.54, 1.807) is 11.8 Å². The molecule has 1 aliphatic heterocycles. The van der Waals surface area contributed by atoms with Crippen molar-refractivity contribution in [1.82, 2.24) is 4.90 Å². The Morgan fingerprint density at radius 2 is 1.72 bits per heavy atom. The van der Waals surface area contributed by atoms with Crippen LogP contribution >= 0.6 is 11.8 Å². The van der Waals surface area contributed by atoms with E-state index in [4.69, 9.17) is 9.47 Å². The average molecular weight is 414 g/mol. The van der Waals surface area contributed by atoms with Gasteiger partial charge in [-0.2, -0.15) is 11.8 Å². The Kier molecular flexibility index (Phi) is 6.31. The molecule has 4 atom stereocenters. The largest absolute Gasteiger partial charge is 0.488 e. The summed E-state index contributed by atoms with van der Waals surface area (Å²) in [5.41, 5.74) is 0. The maximum Gasteiger partial charge on any atom is 0.232 e. The number of hydrogen-bond acceptors (Lipinski definition) is 5. The Hall–Kier alpha value is -2.18. The molecule has 1 aliphatic carbocycles. The highest BCUT2D eigenvalue weighted by Crippen LogP contribution is 2.38. The monoisotopic (exact) mass is 413 g/mol. The second-order valence-corrected chi connectivity index (χ2v) is 8.70. The fraction of sp³-hybridized carbons (Fsp3) is 0.435.